The zero-order chi connectivity index (χ0) is 14.6. The van der Waals surface area contributed by atoms with Crippen LogP contribution in [0.3, 0.4) is 0 Å². The molecule has 3 nitrogen and oxygen atoms in total. The summed E-state index contributed by atoms with van der Waals surface area (Å²) < 4.78 is 2.47. The molecule has 0 radical (unpaired) electrons. The molecule has 0 aliphatic heterocycles. The molecular formula is C16H29N3S. The Bertz CT molecular complexity index is 402. The first-order valence-electron chi connectivity index (χ1n) is 7.87. The van der Waals surface area contributed by atoms with Crippen molar-refractivity contribution in [3.63, 3.8) is 0 Å². The number of rotatable bonds is 5. The molecule has 0 bridgehead atoms. The summed E-state index contributed by atoms with van der Waals surface area (Å²) in [4.78, 5) is 0. The molecule has 0 amide bonds. The first-order valence-corrected chi connectivity index (χ1v) is 8.86. The number of thioether (sulfide) groups is 1. The van der Waals surface area contributed by atoms with Crippen LogP contribution < -0.4 is 5.73 Å². The van der Waals surface area contributed by atoms with Gasteiger partial charge in [0.25, 0.3) is 0 Å². The SMILES string of the molecule is CC(C)(C)SCC(N)Cc1ccn(C2CCCCC2)n1. The van der Waals surface area contributed by atoms with Crippen LogP contribution >= 0.6 is 11.8 Å². The van der Waals surface area contributed by atoms with Gasteiger partial charge < -0.3 is 5.73 Å². The maximum atomic E-state index is 6.23. The first-order chi connectivity index (χ1) is 9.44. The highest BCUT2D eigenvalue weighted by atomic mass is 32.2. The Hall–Kier alpha value is -0.480. The molecule has 1 aliphatic carbocycles. The van der Waals surface area contributed by atoms with E-state index in [-0.39, 0.29) is 6.04 Å². The monoisotopic (exact) mass is 295 g/mol. The summed E-state index contributed by atoms with van der Waals surface area (Å²) in [6.45, 7) is 6.71. The molecule has 0 aromatic carbocycles. The third kappa shape index (κ3) is 5.13. The van der Waals surface area contributed by atoms with E-state index < -0.39 is 0 Å². The van der Waals surface area contributed by atoms with E-state index in [1.807, 2.05) is 11.8 Å². The highest BCUT2D eigenvalue weighted by Crippen LogP contribution is 2.28. The summed E-state index contributed by atoms with van der Waals surface area (Å²) in [5.41, 5.74) is 7.38. The predicted octanol–water partition coefficient (Wildman–Crippen LogP) is 3.79. The third-order valence-corrected chi connectivity index (χ3v) is 5.27. The van der Waals surface area contributed by atoms with Gasteiger partial charge in [-0.2, -0.15) is 16.9 Å². The molecule has 1 saturated carbocycles. The highest BCUT2D eigenvalue weighted by Gasteiger charge is 2.17. The van der Waals surface area contributed by atoms with E-state index in [1.165, 1.54) is 32.1 Å². The molecule has 2 N–H and O–H groups in total. The summed E-state index contributed by atoms with van der Waals surface area (Å²) in [5, 5.41) is 4.75. The van der Waals surface area contributed by atoms with Gasteiger partial charge in [-0.1, -0.05) is 40.0 Å². The highest BCUT2D eigenvalue weighted by molar-refractivity contribution is 8.00. The van der Waals surface area contributed by atoms with Gasteiger partial charge in [-0.05, 0) is 18.9 Å². The number of nitrogens with two attached hydrogens (primary N) is 1. The van der Waals surface area contributed by atoms with Crippen LogP contribution in [0.5, 0.6) is 0 Å². The summed E-state index contributed by atoms with van der Waals surface area (Å²) in [6, 6.07) is 2.97. The minimum absolute atomic E-state index is 0.203. The second-order valence-corrected chi connectivity index (χ2v) is 8.81. The van der Waals surface area contributed by atoms with Gasteiger partial charge in [-0.15, -0.1) is 0 Å². The van der Waals surface area contributed by atoms with Crippen molar-refractivity contribution < 1.29 is 0 Å². The van der Waals surface area contributed by atoms with Gasteiger partial charge in [0.15, 0.2) is 0 Å². The molecule has 1 aromatic rings. The normalized spacial score (nSPS) is 19.2. The van der Waals surface area contributed by atoms with E-state index in [9.17, 15) is 0 Å². The molecule has 114 valence electrons. The molecule has 20 heavy (non-hydrogen) atoms. The lowest BCUT2D eigenvalue weighted by atomic mass is 9.96. The Labute approximate surface area is 127 Å². The fourth-order valence-electron chi connectivity index (χ4n) is 2.72. The van der Waals surface area contributed by atoms with E-state index in [0.29, 0.717) is 10.8 Å². The van der Waals surface area contributed by atoms with Crippen molar-refractivity contribution in [1.82, 2.24) is 9.78 Å². The first kappa shape index (κ1) is 15.9. The zero-order valence-corrected chi connectivity index (χ0v) is 14.0. The molecule has 1 aromatic heterocycles. The van der Waals surface area contributed by atoms with Crippen molar-refractivity contribution in [1.29, 1.82) is 0 Å². The summed E-state index contributed by atoms with van der Waals surface area (Å²) in [5.74, 6) is 1.000. The van der Waals surface area contributed by atoms with Crippen molar-refractivity contribution >= 4 is 11.8 Å². The Morgan fingerprint density at radius 2 is 2.05 bits per heavy atom. The van der Waals surface area contributed by atoms with Gasteiger partial charge in [0.2, 0.25) is 0 Å². The van der Waals surface area contributed by atoms with Crippen molar-refractivity contribution in [3.8, 4) is 0 Å². The smallest absolute Gasteiger partial charge is 0.0640 e. The number of aromatic nitrogens is 2. The van der Waals surface area contributed by atoms with E-state index in [4.69, 9.17) is 10.8 Å². The van der Waals surface area contributed by atoms with E-state index >= 15 is 0 Å². The second kappa shape index (κ2) is 6.99. The largest absolute Gasteiger partial charge is 0.327 e. The molecule has 1 aliphatic rings. The maximum Gasteiger partial charge on any atom is 0.0640 e. The van der Waals surface area contributed by atoms with Gasteiger partial charge in [0.05, 0.1) is 11.7 Å². The van der Waals surface area contributed by atoms with Crippen LogP contribution in [0.25, 0.3) is 0 Å². The van der Waals surface area contributed by atoms with Crippen LogP contribution in [0.4, 0.5) is 0 Å². The average molecular weight is 295 g/mol. The van der Waals surface area contributed by atoms with Crippen LogP contribution in [0, 0.1) is 0 Å². The molecule has 1 heterocycles. The van der Waals surface area contributed by atoms with Crippen molar-refractivity contribution in [2.45, 2.75) is 76.1 Å². The van der Waals surface area contributed by atoms with E-state index in [0.717, 1.165) is 17.9 Å². The maximum absolute atomic E-state index is 6.23. The van der Waals surface area contributed by atoms with Crippen molar-refractivity contribution in [3.05, 3.63) is 18.0 Å². The molecule has 2 rings (SSSR count). The fraction of sp³-hybridized carbons (Fsp3) is 0.812. The average Bonchev–Trinajstić information content (AvgIpc) is 2.85. The standard InChI is InChI=1S/C16H29N3S/c1-16(2,3)20-12-13(17)11-14-9-10-19(18-14)15-7-5-4-6-8-15/h9-10,13,15H,4-8,11-12,17H2,1-3H3. The van der Waals surface area contributed by atoms with Crippen LogP contribution in [0.15, 0.2) is 12.3 Å². The quantitative estimate of drug-likeness (QED) is 0.899. The Kier molecular flexibility index (Phi) is 5.56. The molecule has 0 saturated heterocycles. The summed E-state index contributed by atoms with van der Waals surface area (Å²) in [6.07, 6.45) is 9.69. The Morgan fingerprint density at radius 3 is 2.70 bits per heavy atom. The lowest BCUT2D eigenvalue weighted by Gasteiger charge is -2.22. The van der Waals surface area contributed by atoms with Gasteiger partial charge in [0.1, 0.15) is 0 Å². The summed E-state index contributed by atoms with van der Waals surface area (Å²) >= 11 is 1.94. The van der Waals surface area contributed by atoms with E-state index in [2.05, 4.69) is 37.7 Å². The van der Waals surface area contributed by atoms with Gasteiger partial charge in [0, 0.05) is 29.2 Å². The number of nitrogens with zero attached hydrogens (tertiary/aromatic N) is 2. The van der Waals surface area contributed by atoms with Crippen LogP contribution in [0.2, 0.25) is 0 Å². The molecular weight excluding hydrogens is 266 g/mol. The fourth-order valence-corrected chi connectivity index (χ4v) is 3.55. The second-order valence-electron chi connectivity index (χ2n) is 6.97. The predicted molar refractivity (Wildman–Crippen MR) is 88.2 cm³/mol. The van der Waals surface area contributed by atoms with Crippen LogP contribution in [-0.4, -0.2) is 26.3 Å². The van der Waals surface area contributed by atoms with Crippen LogP contribution in [0.1, 0.15) is 64.6 Å². The Balaban J connectivity index is 1.82. The molecule has 1 unspecified atom stereocenters. The topological polar surface area (TPSA) is 43.8 Å². The minimum Gasteiger partial charge on any atom is -0.327 e. The zero-order valence-electron chi connectivity index (χ0n) is 13.1. The van der Waals surface area contributed by atoms with E-state index in [1.54, 1.807) is 0 Å². The lowest BCUT2D eigenvalue weighted by Crippen LogP contribution is -2.28. The lowest BCUT2D eigenvalue weighted by molar-refractivity contribution is 0.328. The summed E-state index contributed by atoms with van der Waals surface area (Å²) in [7, 11) is 0. The number of hydrogen-bond donors (Lipinski definition) is 1. The van der Waals surface area contributed by atoms with Gasteiger partial charge in [-0.25, -0.2) is 0 Å². The van der Waals surface area contributed by atoms with Gasteiger partial charge >= 0.3 is 0 Å². The minimum atomic E-state index is 0.203. The third-order valence-electron chi connectivity index (χ3n) is 3.81. The van der Waals surface area contributed by atoms with Crippen molar-refractivity contribution in [2.24, 2.45) is 5.73 Å². The van der Waals surface area contributed by atoms with Crippen molar-refractivity contribution in [2.75, 3.05) is 5.75 Å². The molecule has 0 spiro atoms. The molecule has 1 atom stereocenters. The Morgan fingerprint density at radius 1 is 1.35 bits per heavy atom. The van der Waals surface area contributed by atoms with Crippen LogP contribution in [-0.2, 0) is 6.42 Å². The molecule has 1 fully saturated rings. The molecule has 4 heteroatoms. The van der Waals surface area contributed by atoms with Gasteiger partial charge in [-0.3, -0.25) is 4.68 Å². The number of hydrogen-bond acceptors (Lipinski definition) is 3.